The number of carbonyl (C=O) groups is 1. The van der Waals surface area contributed by atoms with Crippen molar-refractivity contribution in [2.45, 2.75) is 32.0 Å². The highest BCUT2D eigenvalue weighted by molar-refractivity contribution is 9.10. The zero-order chi connectivity index (χ0) is 14.4. The van der Waals surface area contributed by atoms with Gasteiger partial charge >= 0.3 is 0 Å². The normalized spacial score (nSPS) is 12.3. The molecule has 0 radical (unpaired) electrons. The number of benzene rings is 1. The summed E-state index contributed by atoms with van der Waals surface area (Å²) in [6, 6.07) is 5.22. The number of hydrogen-bond donors (Lipinski definition) is 1. The minimum absolute atomic E-state index is 0.0985. The maximum absolute atomic E-state index is 12.0. The molecule has 1 aromatic rings. The molecule has 1 aromatic carbocycles. The first-order chi connectivity index (χ1) is 8.95. The summed E-state index contributed by atoms with van der Waals surface area (Å²) >= 11 is 9.33. The van der Waals surface area contributed by atoms with Crippen molar-refractivity contribution < 1.29 is 9.53 Å². The van der Waals surface area contributed by atoms with Gasteiger partial charge in [-0.2, -0.15) is 0 Å². The van der Waals surface area contributed by atoms with Crippen LogP contribution in [-0.2, 0) is 4.79 Å². The van der Waals surface area contributed by atoms with E-state index < -0.39 is 0 Å². The van der Waals surface area contributed by atoms with Gasteiger partial charge in [0.1, 0.15) is 5.75 Å². The van der Waals surface area contributed by atoms with Crippen molar-refractivity contribution in [2.75, 3.05) is 11.9 Å². The second kappa shape index (κ2) is 7.75. The van der Waals surface area contributed by atoms with Gasteiger partial charge in [-0.25, -0.2) is 0 Å². The van der Waals surface area contributed by atoms with Gasteiger partial charge in [-0.05, 0) is 30.5 Å². The van der Waals surface area contributed by atoms with Crippen LogP contribution in [0.25, 0.3) is 0 Å². The Bertz CT molecular complexity index is 437. The van der Waals surface area contributed by atoms with Crippen molar-refractivity contribution in [1.29, 1.82) is 0 Å². The number of nitrogens with one attached hydrogen (secondary N) is 1. The smallest absolute Gasteiger partial charge is 0.238 e. The molecule has 1 amide bonds. The molecular weight excluding hydrogens is 330 g/mol. The van der Waals surface area contributed by atoms with E-state index in [9.17, 15) is 4.79 Å². The number of rotatable bonds is 6. The molecule has 0 aliphatic rings. The molecule has 1 rings (SSSR count). The van der Waals surface area contributed by atoms with Gasteiger partial charge in [-0.15, -0.1) is 0 Å². The van der Waals surface area contributed by atoms with E-state index in [2.05, 4.69) is 21.2 Å². The average molecular weight is 349 g/mol. The van der Waals surface area contributed by atoms with Crippen LogP contribution in [0.4, 0.5) is 5.69 Å². The Balaban J connectivity index is 2.86. The van der Waals surface area contributed by atoms with Gasteiger partial charge in [0.15, 0.2) is 0 Å². The zero-order valence-corrected chi connectivity index (χ0v) is 13.7. The van der Waals surface area contributed by atoms with E-state index in [0.29, 0.717) is 23.1 Å². The molecule has 0 spiro atoms. The molecule has 0 saturated heterocycles. The number of alkyl halides is 1. The second-order valence-electron chi connectivity index (χ2n) is 4.62. The van der Waals surface area contributed by atoms with E-state index in [-0.39, 0.29) is 16.7 Å². The summed E-state index contributed by atoms with van der Waals surface area (Å²) < 4.78 is 5.59. The van der Waals surface area contributed by atoms with Gasteiger partial charge in [-0.1, -0.05) is 48.3 Å². The highest BCUT2D eigenvalue weighted by Gasteiger charge is 2.20. The number of anilines is 1. The van der Waals surface area contributed by atoms with Gasteiger partial charge in [0.25, 0.3) is 0 Å². The van der Waals surface area contributed by atoms with Gasteiger partial charge in [-0.3, -0.25) is 4.79 Å². The Hall–Kier alpha value is -0.740. The van der Waals surface area contributed by atoms with E-state index in [1.165, 1.54) is 0 Å². The lowest BCUT2D eigenvalue weighted by Gasteiger charge is -2.16. The minimum atomic E-state index is -0.245. The molecule has 0 aliphatic heterocycles. The van der Waals surface area contributed by atoms with Crippen molar-refractivity contribution in [3.8, 4) is 5.75 Å². The average Bonchev–Trinajstić information content (AvgIpc) is 2.36. The van der Waals surface area contributed by atoms with Crippen LogP contribution >= 0.6 is 27.5 Å². The van der Waals surface area contributed by atoms with E-state index in [1.807, 2.05) is 20.8 Å². The van der Waals surface area contributed by atoms with Gasteiger partial charge in [0.05, 0.1) is 17.1 Å². The molecule has 0 saturated carbocycles. The van der Waals surface area contributed by atoms with E-state index in [4.69, 9.17) is 16.3 Å². The molecule has 0 heterocycles. The maximum Gasteiger partial charge on any atom is 0.238 e. The molecule has 0 bridgehead atoms. The second-order valence-corrected chi connectivity index (χ2v) is 6.05. The van der Waals surface area contributed by atoms with Gasteiger partial charge < -0.3 is 10.1 Å². The first-order valence-corrected chi connectivity index (χ1v) is 7.62. The summed E-state index contributed by atoms with van der Waals surface area (Å²) in [6.45, 7) is 6.59. The fourth-order valence-corrected chi connectivity index (χ4v) is 1.73. The Labute approximate surface area is 127 Å². The number of carbonyl (C=O) groups excluding carboxylic acids is 1. The highest BCUT2D eigenvalue weighted by Crippen LogP contribution is 2.29. The monoisotopic (exact) mass is 347 g/mol. The minimum Gasteiger partial charge on any atom is -0.491 e. The Morgan fingerprint density at radius 1 is 1.47 bits per heavy atom. The third-order valence-electron chi connectivity index (χ3n) is 2.50. The van der Waals surface area contributed by atoms with Crippen LogP contribution in [0.5, 0.6) is 5.75 Å². The SMILES string of the molecule is CCCOc1ccc(Cl)cc1NC(=O)C(Br)C(C)C. The summed E-state index contributed by atoms with van der Waals surface area (Å²) in [5, 5.41) is 3.41. The number of amides is 1. The third-order valence-corrected chi connectivity index (χ3v) is 4.21. The quantitative estimate of drug-likeness (QED) is 0.769. The molecule has 5 heteroatoms. The number of ether oxygens (including phenoxy) is 1. The van der Waals surface area contributed by atoms with Gasteiger partial charge in [0, 0.05) is 5.02 Å². The molecule has 1 atom stereocenters. The van der Waals surface area contributed by atoms with Crippen LogP contribution in [0, 0.1) is 5.92 Å². The lowest BCUT2D eigenvalue weighted by Crippen LogP contribution is -2.27. The Morgan fingerprint density at radius 2 is 2.16 bits per heavy atom. The fourth-order valence-electron chi connectivity index (χ4n) is 1.44. The van der Waals surface area contributed by atoms with Crippen LogP contribution in [0.3, 0.4) is 0 Å². The number of halogens is 2. The summed E-state index contributed by atoms with van der Waals surface area (Å²) in [5.41, 5.74) is 0.607. The van der Waals surface area contributed by atoms with Crippen molar-refractivity contribution in [3.05, 3.63) is 23.2 Å². The van der Waals surface area contributed by atoms with E-state index >= 15 is 0 Å². The Kier molecular flexibility index (Phi) is 6.66. The van der Waals surface area contributed by atoms with Crippen LogP contribution in [0.2, 0.25) is 5.02 Å². The fraction of sp³-hybridized carbons (Fsp3) is 0.500. The van der Waals surface area contributed by atoms with E-state index in [1.54, 1.807) is 18.2 Å². The zero-order valence-electron chi connectivity index (χ0n) is 11.4. The maximum atomic E-state index is 12.0. The van der Waals surface area contributed by atoms with Crippen LogP contribution in [0.15, 0.2) is 18.2 Å². The third kappa shape index (κ3) is 5.03. The van der Waals surface area contributed by atoms with Crippen LogP contribution in [0.1, 0.15) is 27.2 Å². The molecule has 106 valence electrons. The predicted molar refractivity (Wildman–Crippen MR) is 83.4 cm³/mol. The molecule has 0 aromatic heterocycles. The van der Waals surface area contributed by atoms with Crippen LogP contribution < -0.4 is 10.1 Å². The van der Waals surface area contributed by atoms with Crippen molar-refractivity contribution in [3.63, 3.8) is 0 Å². The summed E-state index contributed by atoms with van der Waals surface area (Å²) in [7, 11) is 0. The van der Waals surface area contributed by atoms with Crippen molar-refractivity contribution in [2.24, 2.45) is 5.92 Å². The summed E-state index contributed by atoms with van der Waals surface area (Å²) in [6.07, 6.45) is 0.906. The topological polar surface area (TPSA) is 38.3 Å². The number of hydrogen-bond acceptors (Lipinski definition) is 2. The highest BCUT2D eigenvalue weighted by atomic mass is 79.9. The first kappa shape index (κ1) is 16.3. The van der Waals surface area contributed by atoms with Crippen molar-refractivity contribution >= 4 is 39.1 Å². The van der Waals surface area contributed by atoms with Crippen LogP contribution in [-0.4, -0.2) is 17.3 Å². The molecule has 0 fully saturated rings. The predicted octanol–water partition coefficient (Wildman–Crippen LogP) is 4.49. The lowest BCUT2D eigenvalue weighted by atomic mass is 10.1. The summed E-state index contributed by atoms with van der Waals surface area (Å²) in [4.78, 5) is 11.8. The first-order valence-electron chi connectivity index (χ1n) is 6.33. The lowest BCUT2D eigenvalue weighted by molar-refractivity contribution is -0.116. The standard InChI is InChI=1S/C14H19BrClNO2/c1-4-7-19-12-6-5-10(16)8-11(12)17-14(18)13(15)9(2)3/h5-6,8-9,13H,4,7H2,1-3H3,(H,17,18). The molecular formula is C14H19BrClNO2. The molecule has 0 aliphatic carbocycles. The molecule has 3 nitrogen and oxygen atoms in total. The van der Waals surface area contributed by atoms with Crippen molar-refractivity contribution in [1.82, 2.24) is 0 Å². The Morgan fingerprint density at radius 3 is 2.74 bits per heavy atom. The summed E-state index contributed by atoms with van der Waals surface area (Å²) in [5.74, 6) is 0.751. The molecule has 1 N–H and O–H groups in total. The molecule has 19 heavy (non-hydrogen) atoms. The van der Waals surface area contributed by atoms with E-state index in [0.717, 1.165) is 6.42 Å². The largest absolute Gasteiger partial charge is 0.491 e. The molecule has 1 unspecified atom stereocenters. The van der Waals surface area contributed by atoms with Gasteiger partial charge in [0.2, 0.25) is 5.91 Å².